The molecular weight excluding hydrogens is 162 g/mol. The van der Waals surface area contributed by atoms with Gasteiger partial charge in [0.15, 0.2) is 6.10 Å². The van der Waals surface area contributed by atoms with E-state index in [1.807, 2.05) is 0 Å². The van der Waals surface area contributed by atoms with Crippen molar-refractivity contribution in [2.75, 3.05) is 6.61 Å². The number of benzene rings is 1. The molecule has 0 saturated carbocycles. The maximum atomic E-state index is 5.59. The Morgan fingerprint density at radius 1 is 1.46 bits per heavy atom. The van der Waals surface area contributed by atoms with Crippen LogP contribution < -0.4 is 5.73 Å². The van der Waals surface area contributed by atoms with Gasteiger partial charge in [0.2, 0.25) is 0 Å². The molecular formula is C11H16NO+. The highest BCUT2D eigenvalue weighted by atomic mass is 16.5. The summed E-state index contributed by atoms with van der Waals surface area (Å²) in [5.74, 6) is 0. The second-order valence-corrected chi connectivity index (χ2v) is 3.51. The Bertz CT molecular complexity index is 279. The molecule has 1 aliphatic rings. The van der Waals surface area contributed by atoms with Gasteiger partial charge in [-0.1, -0.05) is 18.2 Å². The van der Waals surface area contributed by atoms with Gasteiger partial charge >= 0.3 is 0 Å². The Balaban J connectivity index is 2.18. The molecule has 0 radical (unpaired) electrons. The quantitative estimate of drug-likeness (QED) is 0.685. The van der Waals surface area contributed by atoms with Crippen LogP contribution >= 0.6 is 0 Å². The van der Waals surface area contributed by atoms with Crippen molar-refractivity contribution in [2.24, 2.45) is 5.73 Å². The highest BCUT2D eigenvalue weighted by Gasteiger charge is 2.22. The third-order valence-corrected chi connectivity index (χ3v) is 2.56. The predicted octanol–water partition coefficient (Wildman–Crippen LogP) is 1.51. The van der Waals surface area contributed by atoms with Crippen molar-refractivity contribution >= 4 is 0 Å². The first kappa shape index (κ1) is 8.73. The molecule has 0 spiro atoms. The molecule has 1 aromatic rings. The first-order valence-electron chi connectivity index (χ1n) is 4.85. The van der Waals surface area contributed by atoms with Gasteiger partial charge in [-0.2, -0.15) is 0 Å². The smallest absolute Gasteiger partial charge is 0.181 e. The lowest BCUT2D eigenvalue weighted by atomic mass is 10.0. The maximum absolute atomic E-state index is 5.59. The number of hydrogen-bond donors (Lipinski definition) is 1. The summed E-state index contributed by atoms with van der Waals surface area (Å²) < 4.78 is 4.54. The van der Waals surface area contributed by atoms with Crippen molar-refractivity contribution in [1.82, 2.24) is 0 Å². The lowest BCUT2D eigenvalue weighted by molar-refractivity contribution is -0.0609. The summed E-state index contributed by atoms with van der Waals surface area (Å²) in [4.78, 5) is 0. The zero-order valence-corrected chi connectivity index (χ0v) is 7.74. The second-order valence-electron chi connectivity index (χ2n) is 3.51. The van der Waals surface area contributed by atoms with Crippen LogP contribution in [0.2, 0.25) is 0 Å². The average Bonchev–Trinajstić information content (AvgIpc) is 2.71. The molecule has 1 aliphatic heterocycles. The van der Waals surface area contributed by atoms with Gasteiger partial charge in [0, 0.05) is 24.9 Å². The van der Waals surface area contributed by atoms with Gasteiger partial charge in [-0.25, -0.2) is 0 Å². The predicted molar refractivity (Wildman–Crippen MR) is 53.4 cm³/mol. The topological polar surface area (TPSA) is 38.8 Å². The van der Waals surface area contributed by atoms with E-state index in [2.05, 4.69) is 29.0 Å². The molecule has 1 fully saturated rings. The Hall–Kier alpha value is -0.860. The van der Waals surface area contributed by atoms with E-state index in [-0.39, 0.29) is 0 Å². The Labute approximate surface area is 78.7 Å². The standard InChI is InChI=1S/C11H15NO/c12-8-9-3-1-4-10(7-9)11-5-2-6-13-11/h1,3-4,7,11H,2,5-6,8,12H2/p+1. The van der Waals surface area contributed by atoms with E-state index < -0.39 is 0 Å². The van der Waals surface area contributed by atoms with Gasteiger partial charge in [0.05, 0.1) is 0 Å². The summed E-state index contributed by atoms with van der Waals surface area (Å²) in [6.45, 7) is 1.65. The first-order valence-corrected chi connectivity index (χ1v) is 4.85. The normalized spacial score (nSPS) is 22.1. The van der Waals surface area contributed by atoms with Crippen LogP contribution in [0.1, 0.15) is 30.1 Å². The highest BCUT2D eigenvalue weighted by molar-refractivity contribution is 5.25. The van der Waals surface area contributed by atoms with E-state index in [1.54, 1.807) is 0 Å². The van der Waals surface area contributed by atoms with Gasteiger partial charge in [-0.05, 0) is 11.6 Å². The summed E-state index contributed by atoms with van der Waals surface area (Å²) in [6.07, 6.45) is 2.87. The molecule has 1 aromatic carbocycles. The zero-order chi connectivity index (χ0) is 9.10. The average molecular weight is 178 g/mol. The van der Waals surface area contributed by atoms with Crippen LogP contribution in [-0.2, 0) is 6.54 Å². The molecule has 1 unspecified atom stereocenters. The Morgan fingerprint density at radius 3 is 3.08 bits per heavy atom. The lowest BCUT2D eigenvalue weighted by Gasteiger charge is -2.07. The van der Waals surface area contributed by atoms with Crippen LogP contribution in [0.15, 0.2) is 24.3 Å². The van der Waals surface area contributed by atoms with Gasteiger partial charge < -0.3 is 10.5 Å². The molecule has 0 aliphatic carbocycles. The molecule has 1 atom stereocenters. The minimum atomic E-state index is 0.437. The molecule has 3 N–H and O–H groups in total. The minimum absolute atomic E-state index is 0.437. The number of ether oxygens (including phenoxy) is 1. The van der Waals surface area contributed by atoms with Crippen LogP contribution in [0.25, 0.3) is 0 Å². The molecule has 2 rings (SSSR count). The number of aliphatic hydroxyl groups is 2. The van der Waals surface area contributed by atoms with E-state index in [0.717, 1.165) is 6.61 Å². The highest BCUT2D eigenvalue weighted by Crippen LogP contribution is 2.26. The summed E-state index contributed by atoms with van der Waals surface area (Å²) in [7, 11) is 0. The van der Waals surface area contributed by atoms with Crippen molar-refractivity contribution in [3.05, 3.63) is 35.4 Å². The molecule has 2 nitrogen and oxygen atoms in total. The van der Waals surface area contributed by atoms with Crippen molar-refractivity contribution in [1.29, 1.82) is 0 Å². The van der Waals surface area contributed by atoms with Crippen molar-refractivity contribution in [3.63, 3.8) is 0 Å². The fourth-order valence-electron chi connectivity index (χ4n) is 1.82. The molecule has 0 amide bonds. The van der Waals surface area contributed by atoms with E-state index in [1.165, 1.54) is 24.0 Å². The summed E-state index contributed by atoms with van der Waals surface area (Å²) in [5, 5.41) is 0. The number of hydrogen-bond acceptors (Lipinski definition) is 1. The molecule has 1 saturated heterocycles. The summed E-state index contributed by atoms with van der Waals surface area (Å²) in [6, 6.07) is 8.47. The third-order valence-electron chi connectivity index (χ3n) is 2.56. The largest absolute Gasteiger partial charge is 0.428 e. The van der Waals surface area contributed by atoms with Crippen molar-refractivity contribution < 1.29 is 4.74 Å². The molecule has 13 heavy (non-hydrogen) atoms. The minimum Gasteiger partial charge on any atom is -0.428 e. The SMILES string of the molecule is NCc1cccc(C2CCC[OH+]2)c1. The fourth-order valence-corrected chi connectivity index (χ4v) is 1.82. The van der Waals surface area contributed by atoms with Crippen molar-refractivity contribution in [2.45, 2.75) is 25.5 Å². The van der Waals surface area contributed by atoms with E-state index in [9.17, 15) is 0 Å². The number of rotatable bonds is 2. The Morgan fingerprint density at radius 2 is 2.38 bits per heavy atom. The van der Waals surface area contributed by atoms with Crippen LogP contribution in [0.3, 0.4) is 0 Å². The van der Waals surface area contributed by atoms with Crippen molar-refractivity contribution in [3.8, 4) is 0 Å². The fraction of sp³-hybridized carbons (Fsp3) is 0.455. The number of nitrogens with two attached hydrogens (primary N) is 1. The molecule has 1 heterocycles. The molecule has 0 aromatic heterocycles. The third kappa shape index (κ3) is 1.90. The summed E-state index contributed by atoms with van der Waals surface area (Å²) in [5.41, 5.74) is 8.13. The molecule has 70 valence electrons. The first-order chi connectivity index (χ1) is 6.40. The maximum Gasteiger partial charge on any atom is 0.181 e. The van der Waals surface area contributed by atoms with Gasteiger partial charge in [0.1, 0.15) is 6.61 Å². The van der Waals surface area contributed by atoms with E-state index >= 15 is 0 Å². The van der Waals surface area contributed by atoms with E-state index in [0.29, 0.717) is 12.6 Å². The van der Waals surface area contributed by atoms with Gasteiger partial charge in [-0.3, -0.25) is 0 Å². The lowest BCUT2D eigenvalue weighted by Crippen LogP contribution is -2.02. The second kappa shape index (κ2) is 3.90. The van der Waals surface area contributed by atoms with Gasteiger partial charge in [0.25, 0.3) is 0 Å². The van der Waals surface area contributed by atoms with Gasteiger partial charge in [-0.15, -0.1) is 0 Å². The molecule has 2 heteroatoms. The Kier molecular flexibility index (Phi) is 2.62. The van der Waals surface area contributed by atoms with E-state index in [4.69, 9.17) is 5.73 Å². The van der Waals surface area contributed by atoms with Crippen LogP contribution in [-0.4, -0.2) is 11.3 Å². The van der Waals surface area contributed by atoms with Crippen LogP contribution in [0.5, 0.6) is 0 Å². The monoisotopic (exact) mass is 178 g/mol. The zero-order valence-electron chi connectivity index (χ0n) is 7.74. The summed E-state index contributed by atoms with van der Waals surface area (Å²) >= 11 is 0. The van der Waals surface area contributed by atoms with Crippen LogP contribution in [0.4, 0.5) is 0 Å². The van der Waals surface area contributed by atoms with Crippen LogP contribution in [0, 0.1) is 0 Å². The molecule has 0 bridgehead atoms.